The largest absolute Gasteiger partial charge is 1.00 e. The number of halogens is 9. The van der Waals surface area contributed by atoms with Crippen LogP contribution in [-0.4, -0.2) is 79.2 Å². The Labute approximate surface area is 477 Å². The van der Waals surface area contributed by atoms with Crippen molar-refractivity contribution in [1.29, 1.82) is 0 Å². The summed E-state index contributed by atoms with van der Waals surface area (Å²) in [7, 11) is -4.57. The molecule has 0 aliphatic carbocycles. The van der Waals surface area contributed by atoms with Crippen LogP contribution in [0.2, 0.25) is 0 Å². The van der Waals surface area contributed by atoms with Crippen molar-refractivity contribution in [3.63, 3.8) is 0 Å². The number of benzene rings is 4. The smallest absolute Gasteiger partial charge is 0.523 e. The fourth-order valence-electron chi connectivity index (χ4n) is 7.76. The van der Waals surface area contributed by atoms with Crippen LogP contribution in [0.3, 0.4) is 0 Å². The second-order valence-electron chi connectivity index (χ2n) is 16.4. The minimum atomic E-state index is -6.09. The zero-order valence-electron chi connectivity index (χ0n) is 40.3. The van der Waals surface area contributed by atoms with E-state index in [2.05, 4.69) is 222 Å². The third-order valence-corrected chi connectivity index (χ3v) is 12.7. The van der Waals surface area contributed by atoms with Crippen LogP contribution >= 0.6 is 22.6 Å². The number of aryl methyl sites for hydroxylation is 1. The third-order valence-electron chi connectivity index (χ3n) is 11.1. The molecule has 2 aliphatic rings. The van der Waals surface area contributed by atoms with Crippen molar-refractivity contribution < 1.29 is 132 Å². The molecular weight excluding hydrogens is 1360 g/mol. The molecule has 0 amide bonds. The fourth-order valence-corrected chi connectivity index (χ4v) is 7.95. The van der Waals surface area contributed by atoms with Crippen LogP contribution in [0.15, 0.2) is 134 Å². The van der Waals surface area contributed by atoms with E-state index in [9.17, 15) is 34.8 Å². The minimum Gasteiger partial charge on any atom is -1.00 e. The maximum atomic E-state index is 11.1. The first-order valence-corrected chi connectivity index (χ1v) is 24.9. The molecule has 0 unspecified atom stereocenters. The molecule has 2 aliphatic heterocycles. The van der Waals surface area contributed by atoms with Gasteiger partial charge >= 0.3 is 21.1 Å². The molecule has 10 nitrogen and oxygen atoms in total. The molecule has 2 aromatic heterocycles. The summed E-state index contributed by atoms with van der Waals surface area (Å²) in [4.78, 5) is 4.55. The van der Waals surface area contributed by atoms with E-state index in [0.717, 1.165) is 11.1 Å². The summed E-state index contributed by atoms with van der Waals surface area (Å²) in [6, 6.07) is 38.5. The van der Waals surface area contributed by atoms with E-state index in [1.807, 2.05) is 29.7 Å². The molecule has 0 saturated carbocycles. The summed E-state index contributed by atoms with van der Waals surface area (Å²) in [5.74, 6) is 0. The zero-order valence-corrected chi connectivity index (χ0v) is 49.8. The summed E-state index contributed by atoms with van der Waals surface area (Å²) in [5, 5.41) is 2.44. The molecule has 8 rings (SSSR count). The molecule has 4 heterocycles. The van der Waals surface area contributed by atoms with Gasteiger partial charge in [-0.2, -0.15) is 50.8 Å². The first-order valence-electron chi connectivity index (χ1n) is 20.8. The maximum absolute atomic E-state index is 11.1. The Morgan fingerprint density at radius 3 is 1.46 bits per heavy atom. The molecule has 0 saturated heterocycles. The van der Waals surface area contributed by atoms with Crippen molar-refractivity contribution in [3.05, 3.63) is 160 Å². The molecule has 72 heavy (non-hydrogen) atoms. The van der Waals surface area contributed by atoms with Gasteiger partial charge in [-0.25, -0.2) is 13.0 Å². The second-order valence-corrected chi connectivity index (χ2v) is 20.7. The molecular formula is C50H52F6I3N4O6S2V-. The van der Waals surface area contributed by atoms with Crippen LogP contribution in [0.1, 0.15) is 56.9 Å². The molecule has 0 bridgehead atoms. The van der Waals surface area contributed by atoms with Crippen molar-refractivity contribution in [2.45, 2.75) is 56.5 Å². The molecule has 0 fully saturated rings. The van der Waals surface area contributed by atoms with Crippen molar-refractivity contribution in [2.75, 3.05) is 21.2 Å². The Morgan fingerprint density at radius 2 is 1.04 bits per heavy atom. The average molecular weight is 1410 g/mol. The van der Waals surface area contributed by atoms with Crippen LogP contribution in [0, 0.1) is 4.43 Å². The molecule has 0 atom stereocenters. The summed E-state index contributed by atoms with van der Waals surface area (Å²) in [5.41, 5.74) is 1.68. The van der Waals surface area contributed by atoms with Gasteiger partial charge in [-0.1, -0.05) is 66.7 Å². The molecule has 1 radical (unpaired) electrons. The van der Waals surface area contributed by atoms with Gasteiger partial charge in [0, 0.05) is 82.6 Å². The predicted octanol–water partition coefficient (Wildman–Crippen LogP) is 5.48. The Kier molecular flexibility index (Phi) is 25.5. The SMILES string of the molecule is COS(=O)(=O)C(F)(F)F.C[CH-]I.C[N+]1=C(/C=C/c2cc3ccccc3[n+](C)c2)C(C)(C)c2ccccc21.C[N+]1=C(/C=C/c2cnc3ccccc3c2)C(C)(C)c2ccccc21.O=S(=O)([O-])C(F)(F)F.[I-].[I-].[V]. The summed E-state index contributed by atoms with van der Waals surface area (Å²) in [6.45, 7) is 11.2. The molecule has 22 heteroatoms. The number of para-hydroxylation sites is 4. The quantitative estimate of drug-likeness (QED) is 0.0427. The monoisotopic (exact) mass is 1410 g/mol. The number of pyridine rings is 2. The molecule has 4 aromatic carbocycles. The van der Waals surface area contributed by atoms with Crippen molar-refractivity contribution >= 4 is 99.6 Å². The second kappa shape index (κ2) is 27.5. The number of fused-ring (bicyclic) bond motifs is 4. The van der Waals surface area contributed by atoms with Gasteiger partial charge in [-0.15, -0.1) is 0 Å². The number of alkyl halides is 6. The van der Waals surface area contributed by atoms with Gasteiger partial charge in [0.1, 0.15) is 21.1 Å². The van der Waals surface area contributed by atoms with E-state index in [1.165, 1.54) is 55.8 Å². The first kappa shape index (κ1) is 66.7. The normalized spacial score (nSPS) is 14.5. The number of rotatable bonds is 5. The van der Waals surface area contributed by atoms with E-state index in [0.29, 0.717) is 7.11 Å². The third kappa shape index (κ3) is 16.3. The van der Waals surface area contributed by atoms with Gasteiger partial charge in [0.2, 0.25) is 16.9 Å². The summed E-state index contributed by atoms with van der Waals surface area (Å²) in [6.07, 6.45) is 13.0. The fraction of sp³-hybridized carbons (Fsp3) is 0.260. The zero-order chi connectivity index (χ0) is 51.8. The Morgan fingerprint density at radius 1 is 0.653 bits per heavy atom. The van der Waals surface area contributed by atoms with Gasteiger partial charge in [-0.3, -0.25) is 13.6 Å². The van der Waals surface area contributed by atoms with Gasteiger partial charge in [0.05, 0.1) is 23.5 Å². The van der Waals surface area contributed by atoms with Crippen molar-refractivity contribution in [1.82, 2.24) is 4.98 Å². The average Bonchev–Trinajstić information content (AvgIpc) is 3.60. The van der Waals surface area contributed by atoms with Crippen LogP contribution in [0.4, 0.5) is 37.7 Å². The van der Waals surface area contributed by atoms with Crippen LogP contribution in [-0.2, 0) is 60.9 Å². The number of hydrogen-bond acceptors (Lipinski definition) is 7. The van der Waals surface area contributed by atoms with Gasteiger partial charge in [0.15, 0.2) is 27.7 Å². The Balaban J connectivity index is 0.000000512. The van der Waals surface area contributed by atoms with Gasteiger partial charge in [-0.05, 0) is 69.7 Å². The maximum Gasteiger partial charge on any atom is 0.523 e. The van der Waals surface area contributed by atoms with Crippen LogP contribution in [0.25, 0.3) is 34.0 Å². The Hall–Kier alpha value is -3.31. The molecule has 0 N–H and O–H groups in total. The molecule has 6 aromatic rings. The van der Waals surface area contributed by atoms with Crippen molar-refractivity contribution in [3.8, 4) is 0 Å². The van der Waals surface area contributed by atoms with Gasteiger partial charge in [0.25, 0.3) is 0 Å². The molecule has 0 spiro atoms. The summed E-state index contributed by atoms with van der Waals surface area (Å²) < 4.78 is 124. The van der Waals surface area contributed by atoms with Crippen LogP contribution in [0.5, 0.6) is 0 Å². The van der Waals surface area contributed by atoms with E-state index in [1.54, 1.807) is 0 Å². The first-order chi connectivity index (χ1) is 32.0. The minimum absolute atomic E-state index is 0. The predicted molar refractivity (Wildman–Crippen MR) is 267 cm³/mol. The Bertz CT molecular complexity index is 3190. The van der Waals surface area contributed by atoms with E-state index in [-0.39, 0.29) is 77.3 Å². The summed E-state index contributed by atoms with van der Waals surface area (Å²) >= 11 is 2.16. The van der Waals surface area contributed by atoms with E-state index < -0.39 is 31.3 Å². The molecule has 389 valence electrons. The van der Waals surface area contributed by atoms with Gasteiger partial charge < -0.3 is 75.1 Å². The van der Waals surface area contributed by atoms with Crippen molar-refractivity contribution in [2.24, 2.45) is 7.05 Å². The topological polar surface area (TPSA) is 123 Å². The van der Waals surface area contributed by atoms with E-state index in [4.69, 9.17) is 13.0 Å². The van der Waals surface area contributed by atoms with E-state index >= 15 is 0 Å². The number of allylic oxidation sites excluding steroid dienone is 2. The number of nitrogens with zero attached hydrogens (tertiary/aromatic N) is 4. The number of hydrogen-bond donors (Lipinski definition) is 0. The van der Waals surface area contributed by atoms with Crippen LogP contribution < -0.4 is 52.5 Å². The number of aromatic nitrogens is 2. The standard InChI is InChI=1S/C23H24N2.C22H21N2.C2H3F3O3S.C2H4I.CHF3O3S.2HI.V/c1-23(2)19-10-6-8-12-21(19)25(4)22(23)14-13-17-15-18-9-5-7-11-20(18)24(3)16-17;1-22(2)18-9-5-7-11-20(18)24(3)21(22)13-12-16-14-17-8-4-6-10-19(17)23-15-16;1-8-9(6,7)2(3,4)5;1-2-3;2-1(3,4)8(5,6)7;;;/h5-16H,1-4H3;4-15H,1-3H3;1H3;2H,1H3;(H,5,6,7);2*1H;/q+2;+1;;-1;;;;/p-3/b14-13+;;;;;;;.